The zero-order valence-corrected chi connectivity index (χ0v) is 12.4. The minimum Gasteiger partial charge on any atom is -0.478 e. The second-order valence-electron chi connectivity index (χ2n) is 4.55. The largest absolute Gasteiger partial charge is 0.478 e. The molecule has 0 aliphatic rings. The number of halogens is 1. The summed E-state index contributed by atoms with van der Waals surface area (Å²) in [5.41, 5.74) is 0.677. The SMILES string of the molecule is CCc1cc(C(=O)O)c(NC(=O)c2cc(C)ccc2F)s1. The fourth-order valence-corrected chi connectivity index (χ4v) is 2.83. The van der Waals surface area contributed by atoms with Crippen LogP contribution >= 0.6 is 11.3 Å². The van der Waals surface area contributed by atoms with Crippen LogP contribution in [0.1, 0.15) is 38.1 Å². The van der Waals surface area contributed by atoms with E-state index < -0.39 is 17.7 Å². The van der Waals surface area contributed by atoms with E-state index in [9.17, 15) is 14.0 Å². The first-order chi connectivity index (χ1) is 9.92. The van der Waals surface area contributed by atoms with Crippen LogP contribution < -0.4 is 5.32 Å². The number of hydrogen-bond acceptors (Lipinski definition) is 3. The predicted octanol–water partition coefficient (Wildman–Crippen LogP) is 3.71. The van der Waals surface area contributed by atoms with Crippen molar-refractivity contribution in [1.29, 1.82) is 0 Å². The number of anilines is 1. The summed E-state index contributed by atoms with van der Waals surface area (Å²) in [4.78, 5) is 24.1. The summed E-state index contributed by atoms with van der Waals surface area (Å²) in [6, 6.07) is 5.73. The van der Waals surface area contributed by atoms with Gasteiger partial charge in [0.1, 0.15) is 10.8 Å². The van der Waals surface area contributed by atoms with Crippen molar-refractivity contribution >= 4 is 28.2 Å². The highest BCUT2D eigenvalue weighted by Gasteiger charge is 2.19. The Morgan fingerprint density at radius 3 is 2.62 bits per heavy atom. The molecule has 0 fully saturated rings. The molecule has 21 heavy (non-hydrogen) atoms. The van der Waals surface area contributed by atoms with Crippen LogP contribution in [0, 0.1) is 12.7 Å². The lowest BCUT2D eigenvalue weighted by molar-refractivity contribution is 0.0698. The average molecular weight is 307 g/mol. The molecule has 2 N–H and O–H groups in total. The summed E-state index contributed by atoms with van der Waals surface area (Å²) in [6.07, 6.45) is 0.666. The molecule has 1 amide bonds. The van der Waals surface area contributed by atoms with Crippen molar-refractivity contribution in [2.24, 2.45) is 0 Å². The molecule has 1 aromatic heterocycles. The molecule has 4 nitrogen and oxygen atoms in total. The van der Waals surface area contributed by atoms with Crippen LogP contribution in [-0.2, 0) is 6.42 Å². The van der Waals surface area contributed by atoms with Gasteiger partial charge in [-0.3, -0.25) is 4.79 Å². The predicted molar refractivity (Wildman–Crippen MR) is 79.7 cm³/mol. The number of aromatic carboxylic acids is 1. The van der Waals surface area contributed by atoms with Crippen molar-refractivity contribution < 1.29 is 19.1 Å². The minimum absolute atomic E-state index is 0.0262. The van der Waals surface area contributed by atoms with Gasteiger partial charge in [-0.15, -0.1) is 11.3 Å². The van der Waals surface area contributed by atoms with Gasteiger partial charge in [-0.1, -0.05) is 18.6 Å². The first-order valence-corrected chi connectivity index (χ1v) is 7.17. The van der Waals surface area contributed by atoms with Gasteiger partial charge < -0.3 is 10.4 Å². The van der Waals surface area contributed by atoms with E-state index in [1.165, 1.54) is 29.5 Å². The number of carboxylic acids is 1. The maximum absolute atomic E-state index is 13.7. The van der Waals surface area contributed by atoms with E-state index >= 15 is 0 Å². The third-order valence-corrected chi connectivity index (χ3v) is 4.15. The summed E-state index contributed by atoms with van der Waals surface area (Å²) in [7, 11) is 0. The highest BCUT2D eigenvalue weighted by molar-refractivity contribution is 7.16. The van der Waals surface area contributed by atoms with Crippen molar-refractivity contribution in [3.63, 3.8) is 0 Å². The second kappa shape index (κ2) is 6.05. The molecule has 0 bridgehead atoms. The molecule has 6 heteroatoms. The summed E-state index contributed by atoms with van der Waals surface area (Å²) in [6.45, 7) is 3.64. The topological polar surface area (TPSA) is 66.4 Å². The molecular formula is C15H14FNO3S. The van der Waals surface area contributed by atoms with E-state index in [1.807, 2.05) is 6.92 Å². The van der Waals surface area contributed by atoms with Crippen LogP contribution in [0.25, 0.3) is 0 Å². The first kappa shape index (κ1) is 15.2. The number of carbonyl (C=O) groups excluding carboxylic acids is 1. The number of nitrogens with one attached hydrogen (secondary N) is 1. The molecule has 2 aromatic rings. The molecule has 110 valence electrons. The minimum atomic E-state index is -1.12. The number of rotatable bonds is 4. The number of benzene rings is 1. The number of thiophene rings is 1. The number of aryl methyl sites for hydroxylation is 2. The lowest BCUT2D eigenvalue weighted by Gasteiger charge is -2.06. The van der Waals surface area contributed by atoms with Gasteiger partial charge in [0.05, 0.1) is 11.1 Å². The van der Waals surface area contributed by atoms with E-state index in [2.05, 4.69) is 5.32 Å². The Balaban J connectivity index is 2.33. The van der Waals surface area contributed by atoms with E-state index in [-0.39, 0.29) is 16.1 Å². The fraction of sp³-hybridized carbons (Fsp3) is 0.200. The van der Waals surface area contributed by atoms with Crippen molar-refractivity contribution in [3.8, 4) is 0 Å². The number of carbonyl (C=O) groups is 2. The Bertz CT molecular complexity index is 709. The molecule has 0 atom stereocenters. The molecule has 0 saturated carbocycles. The zero-order chi connectivity index (χ0) is 15.6. The Kier molecular flexibility index (Phi) is 4.37. The molecule has 0 unspecified atom stereocenters. The van der Waals surface area contributed by atoms with Gasteiger partial charge in [0.15, 0.2) is 0 Å². The summed E-state index contributed by atoms with van der Waals surface area (Å²) in [5.74, 6) is -2.41. The van der Waals surface area contributed by atoms with Gasteiger partial charge in [-0.2, -0.15) is 0 Å². The second-order valence-corrected chi connectivity index (χ2v) is 5.69. The third-order valence-electron chi connectivity index (χ3n) is 2.96. The van der Waals surface area contributed by atoms with Crippen LogP contribution in [0.5, 0.6) is 0 Å². The first-order valence-electron chi connectivity index (χ1n) is 6.36. The van der Waals surface area contributed by atoms with Gasteiger partial charge >= 0.3 is 5.97 Å². The zero-order valence-electron chi connectivity index (χ0n) is 11.6. The highest BCUT2D eigenvalue weighted by atomic mass is 32.1. The Hall–Kier alpha value is -2.21. The molecular weight excluding hydrogens is 293 g/mol. The number of hydrogen-bond donors (Lipinski definition) is 2. The van der Waals surface area contributed by atoms with E-state index in [0.717, 1.165) is 10.4 Å². The van der Waals surface area contributed by atoms with E-state index in [4.69, 9.17) is 5.11 Å². The average Bonchev–Trinajstić information content (AvgIpc) is 2.84. The van der Waals surface area contributed by atoms with Crippen molar-refractivity contribution in [1.82, 2.24) is 0 Å². The molecule has 2 rings (SSSR count). The van der Waals surface area contributed by atoms with Crippen LogP contribution in [0.15, 0.2) is 24.3 Å². The molecule has 0 aliphatic carbocycles. The van der Waals surface area contributed by atoms with Gasteiger partial charge in [0.2, 0.25) is 0 Å². The lowest BCUT2D eigenvalue weighted by Crippen LogP contribution is -2.15. The van der Waals surface area contributed by atoms with Gasteiger partial charge in [-0.25, -0.2) is 9.18 Å². The summed E-state index contributed by atoms with van der Waals surface area (Å²) in [5, 5.41) is 11.9. The molecule has 1 aromatic carbocycles. The standard InChI is InChI=1S/C15H14FNO3S/c1-3-9-7-11(15(19)20)14(21-9)17-13(18)10-6-8(2)4-5-12(10)16/h4-7H,3H2,1-2H3,(H,17,18)(H,19,20). The molecule has 0 saturated heterocycles. The lowest BCUT2D eigenvalue weighted by atomic mass is 10.1. The number of amides is 1. The van der Waals surface area contributed by atoms with Gasteiger partial charge in [-0.05, 0) is 31.5 Å². The van der Waals surface area contributed by atoms with E-state index in [1.54, 1.807) is 13.0 Å². The molecule has 1 heterocycles. The maximum atomic E-state index is 13.7. The van der Waals surface area contributed by atoms with Crippen LogP contribution in [0.4, 0.5) is 9.39 Å². The van der Waals surface area contributed by atoms with Crippen LogP contribution in [0.2, 0.25) is 0 Å². The monoisotopic (exact) mass is 307 g/mol. The van der Waals surface area contributed by atoms with Crippen molar-refractivity contribution in [2.75, 3.05) is 5.32 Å². The van der Waals surface area contributed by atoms with Crippen molar-refractivity contribution in [2.45, 2.75) is 20.3 Å². The van der Waals surface area contributed by atoms with Crippen LogP contribution in [0.3, 0.4) is 0 Å². The Morgan fingerprint density at radius 2 is 2.00 bits per heavy atom. The highest BCUT2D eigenvalue weighted by Crippen LogP contribution is 2.29. The Morgan fingerprint density at radius 1 is 1.29 bits per heavy atom. The molecule has 0 spiro atoms. The smallest absolute Gasteiger partial charge is 0.338 e. The Labute approximate surface area is 125 Å². The normalized spacial score (nSPS) is 10.4. The quantitative estimate of drug-likeness (QED) is 0.905. The van der Waals surface area contributed by atoms with Crippen LogP contribution in [-0.4, -0.2) is 17.0 Å². The summed E-state index contributed by atoms with van der Waals surface area (Å²) < 4.78 is 13.7. The maximum Gasteiger partial charge on any atom is 0.338 e. The van der Waals surface area contributed by atoms with Gasteiger partial charge in [0, 0.05) is 4.88 Å². The number of carboxylic acid groups (broad SMARTS) is 1. The molecule has 0 aliphatic heterocycles. The van der Waals surface area contributed by atoms with E-state index in [0.29, 0.717) is 6.42 Å². The van der Waals surface area contributed by atoms with Gasteiger partial charge in [0.25, 0.3) is 5.91 Å². The summed E-state index contributed by atoms with van der Waals surface area (Å²) >= 11 is 1.19. The van der Waals surface area contributed by atoms with Crippen molar-refractivity contribution in [3.05, 3.63) is 51.7 Å². The third kappa shape index (κ3) is 3.28. The fourth-order valence-electron chi connectivity index (χ4n) is 1.85. The molecule has 0 radical (unpaired) electrons.